The average Bonchev–Trinajstić information content (AvgIpc) is 3.25. The highest BCUT2D eigenvalue weighted by Crippen LogP contribution is 2.24. The number of rotatable bonds is 5. The lowest BCUT2D eigenvalue weighted by Gasteiger charge is -2.31. The Kier molecular flexibility index (Phi) is 5.49. The van der Waals surface area contributed by atoms with Gasteiger partial charge in [0.1, 0.15) is 5.60 Å². The van der Waals surface area contributed by atoms with E-state index in [0.717, 1.165) is 23.1 Å². The predicted octanol–water partition coefficient (Wildman–Crippen LogP) is 1.89. The van der Waals surface area contributed by atoms with Crippen LogP contribution >= 0.6 is 0 Å². The largest absolute Gasteiger partial charge is 0.361 e. The smallest absolute Gasteiger partial charge is 0.252 e. The highest BCUT2D eigenvalue weighted by molar-refractivity contribution is 5.85. The molecule has 1 aromatic carbocycles. The molecule has 7 nitrogen and oxygen atoms in total. The lowest BCUT2D eigenvalue weighted by molar-refractivity contribution is -0.144. The molecule has 0 radical (unpaired) electrons. The number of hydrogen-bond donors (Lipinski definition) is 2. The summed E-state index contributed by atoms with van der Waals surface area (Å²) in [6, 6.07) is 6.10. The number of carbonyl (C=O) groups is 2. The molecule has 0 bridgehead atoms. The third kappa shape index (κ3) is 4.24. The van der Waals surface area contributed by atoms with Crippen LogP contribution in [0, 0.1) is 0 Å². The van der Waals surface area contributed by atoms with Gasteiger partial charge >= 0.3 is 0 Å². The van der Waals surface area contributed by atoms with Gasteiger partial charge in [-0.05, 0) is 35.6 Å². The molecular weight excluding hydrogens is 368 g/mol. The van der Waals surface area contributed by atoms with Gasteiger partial charge in [0, 0.05) is 32.3 Å². The minimum absolute atomic E-state index is 0.0906. The minimum Gasteiger partial charge on any atom is -0.361 e. The Morgan fingerprint density at radius 1 is 1.34 bits per heavy atom. The molecule has 7 heteroatoms. The molecular formula is C22H26N4O3. The Bertz CT molecular complexity index is 922. The van der Waals surface area contributed by atoms with E-state index in [0.29, 0.717) is 39.1 Å². The molecule has 1 aromatic heterocycles. The van der Waals surface area contributed by atoms with Crippen molar-refractivity contribution in [2.45, 2.75) is 44.9 Å². The van der Waals surface area contributed by atoms with E-state index < -0.39 is 5.60 Å². The topological polar surface area (TPSA) is 87.3 Å². The first-order valence-corrected chi connectivity index (χ1v) is 9.97. The van der Waals surface area contributed by atoms with Crippen LogP contribution in [-0.2, 0) is 40.3 Å². The highest BCUT2D eigenvalue weighted by Gasteiger charge is 2.34. The van der Waals surface area contributed by atoms with E-state index in [9.17, 15) is 9.59 Å². The first-order chi connectivity index (χ1) is 14.0. The summed E-state index contributed by atoms with van der Waals surface area (Å²) in [5, 5.41) is 9.68. The van der Waals surface area contributed by atoms with Gasteiger partial charge in [0.25, 0.3) is 5.91 Å². The molecule has 0 saturated heterocycles. The molecule has 2 aliphatic heterocycles. The van der Waals surface area contributed by atoms with E-state index >= 15 is 0 Å². The van der Waals surface area contributed by atoms with E-state index in [4.69, 9.17) is 4.74 Å². The van der Waals surface area contributed by atoms with Crippen LogP contribution in [0.5, 0.6) is 0 Å². The van der Waals surface area contributed by atoms with Gasteiger partial charge in [0.05, 0.1) is 19.2 Å². The normalized spacial score (nSPS) is 20.9. The molecule has 1 unspecified atom stereocenters. The van der Waals surface area contributed by atoms with E-state index in [-0.39, 0.29) is 11.8 Å². The van der Waals surface area contributed by atoms with Gasteiger partial charge in [-0.1, -0.05) is 30.4 Å². The minimum atomic E-state index is -0.806. The standard InChI is InChI=1S/C22H26N4O3/c1-22(8-2-3-10-29-22)21(28)23-14-17-5-4-6-18-15-26(9-7-19(17)18)20(27)11-16-12-24-25-13-16/h2-6,12-13H,7-11,14-15H2,1H3,(H,23,28)(H,24,25). The van der Waals surface area contributed by atoms with Crippen molar-refractivity contribution in [2.24, 2.45) is 0 Å². The number of aromatic nitrogens is 2. The molecule has 0 aliphatic carbocycles. The third-order valence-corrected chi connectivity index (χ3v) is 5.72. The molecule has 29 heavy (non-hydrogen) atoms. The van der Waals surface area contributed by atoms with Gasteiger partial charge in [-0.15, -0.1) is 0 Å². The van der Waals surface area contributed by atoms with Crippen LogP contribution in [0.25, 0.3) is 0 Å². The van der Waals surface area contributed by atoms with Crippen molar-refractivity contribution < 1.29 is 14.3 Å². The Morgan fingerprint density at radius 3 is 3.00 bits per heavy atom. The van der Waals surface area contributed by atoms with E-state index in [1.54, 1.807) is 12.4 Å². The molecule has 2 N–H and O–H groups in total. The maximum Gasteiger partial charge on any atom is 0.252 e. The van der Waals surface area contributed by atoms with Gasteiger partial charge in [-0.25, -0.2) is 0 Å². The number of amides is 2. The second-order valence-corrected chi connectivity index (χ2v) is 7.80. The summed E-state index contributed by atoms with van der Waals surface area (Å²) in [6.45, 7) is 4.04. The summed E-state index contributed by atoms with van der Waals surface area (Å²) >= 11 is 0. The van der Waals surface area contributed by atoms with Crippen molar-refractivity contribution in [3.63, 3.8) is 0 Å². The van der Waals surface area contributed by atoms with E-state index in [2.05, 4.69) is 21.6 Å². The van der Waals surface area contributed by atoms with Gasteiger partial charge < -0.3 is 15.0 Å². The zero-order valence-corrected chi connectivity index (χ0v) is 16.6. The zero-order valence-electron chi connectivity index (χ0n) is 16.6. The lowest BCUT2D eigenvalue weighted by atomic mass is 9.93. The second-order valence-electron chi connectivity index (χ2n) is 7.80. The van der Waals surface area contributed by atoms with Crippen molar-refractivity contribution >= 4 is 11.8 Å². The summed E-state index contributed by atoms with van der Waals surface area (Å²) in [5.41, 5.74) is 3.57. The first-order valence-electron chi connectivity index (χ1n) is 9.97. The summed E-state index contributed by atoms with van der Waals surface area (Å²) in [4.78, 5) is 27.1. The van der Waals surface area contributed by atoms with Gasteiger partial charge in [0.2, 0.25) is 5.91 Å². The van der Waals surface area contributed by atoms with Gasteiger partial charge in [0.15, 0.2) is 0 Å². The fourth-order valence-electron chi connectivity index (χ4n) is 3.92. The Morgan fingerprint density at radius 2 is 2.24 bits per heavy atom. The van der Waals surface area contributed by atoms with Crippen molar-refractivity contribution in [1.29, 1.82) is 0 Å². The summed E-state index contributed by atoms with van der Waals surface area (Å²) < 4.78 is 5.66. The third-order valence-electron chi connectivity index (χ3n) is 5.72. The highest BCUT2D eigenvalue weighted by atomic mass is 16.5. The maximum absolute atomic E-state index is 12.6. The Balaban J connectivity index is 1.40. The fraction of sp³-hybridized carbons (Fsp3) is 0.409. The number of nitrogens with one attached hydrogen (secondary N) is 2. The monoisotopic (exact) mass is 394 g/mol. The maximum atomic E-state index is 12.6. The Labute approximate surface area is 170 Å². The van der Waals surface area contributed by atoms with Crippen LogP contribution < -0.4 is 5.32 Å². The average molecular weight is 394 g/mol. The number of hydrogen-bond acceptors (Lipinski definition) is 4. The van der Waals surface area contributed by atoms with E-state index in [1.165, 1.54) is 5.56 Å². The van der Waals surface area contributed by atoms with Crippen LogP contribution in [0.15, 0.2) is 42.7 Å². The summed E-state index contributed by atoms with van der Waals surface area (Å²) in [6.07, 6.45) is 9.08. The predicted molar refractivity (Wildman–Crippen MR) is 108 cm³/mol. The molecule has 2 aliphatic rings. The number of aromatic amines is 1. The lowest BCUT2D eigenvalue weighted by Crippen LogP contribution is -2.47. The molecule has 2 amide bonds. The molecule has 0 spiro atoms. The van der Waals surface area contributed by atoms with Crippen LogP contribution in [0.4, 0.5) is 0 Å². The van der Waals surface area contributed by atoms with Crippen LogP contribution in [0.3, 0.4) is 0 Å². The number of H-pyrrole nitrogens is 1. The van der Waals surface area contributed by atoms with Crippen molar-refractivity contribution in [3.05, 3.63) is 65.0 Å². The van der Waals surface area contributed by atoms with Crippen molar-refractivity contribution in [3.8, 4) is 0 Å². The number of benzene rings is 1. The molecule has 0 saturated carbocycles. The quantitative estimate of drug-likeness (QED) is 0.758. The summed E-state index contributed by atoms with van der Waals surface area (Å²) in [5.74, 6) is 0.0124. The molecule has 2 aromatic rings. The second kappa shape index (κ2) is 8.21. The van der Waals surface area contributed by atoms with E-state index in [1.807, 2.05) is 36.1 Å². The molecule has 0 fully saturated rings. The van der Waals surface area contributed by atoms with Crippen LogP contribution in [0.1, 0.15) is 35.6 Å². The summed E-state index contributed by atoms with van der Waals surface area (Å²) in [7, 11) is 0. The fourth-order valence-corrected chi connectivity index (χ4v) is 3.92. The van der Waals surface area contributed by atoms with Crippen molar-refractivity contribution in [2.75, 3.05) is 13.2 Å². The van der Waals surface area contributed by atoms with Crippen LogP contribution in [0.2, 0.25) is 0 Å². The van der Waals surface area contributed by atoms with Crippen LogP contribution in [-0.4, -0.2) is 45.7 Å². The van der Waals surface area contributed by atoms with Gasteiger partial charge in [-0.3, -0.25) is 14.7 Å². The molecule has 3 heterocycles. The molecule has 1 atom stereocenters. The SMILES string of the molecule is CC1(C(=O)NCc2cccc3c2CCN(C(=O)Cc2cn[nH]c2)C3)CC=CCO1. The number of carbonyl (C=O) groups excluding carboxylic acids is 2. The van der Waals surface area contributed by atoms with Crippen molar-refractivity contribution in [1.82, 2.24) is 20.4 Å². The molecule has 152 valence electrons. The number of nitrogens with zero attached hydrogens (tertiary/aromatic N) is 2. The number of fused-ring (bicyclic) bond motifs is 1. The number of ether oxygens (including phenoxy) is 1. The first kappa shape index (κ1) is 19.4. The van der Waals surface area contributed by atoms with Gasteiger partial charge in [-0.2, -0.15) is 5.10 Å². The molecule has 4 rings (SSSR count). The zero-order chi connectivity index (χ0) is 20.3. The Hall–Kier alpha value is -2.93.